The lowest BCUT2D eigenvalue weighted by Gasteiger charge is -2.10. The first-order chi connectivity index (χ1) is 10.3. The Morgan fingerprint density at radius 1 is 1.41 bits per heavy atom. The van der Waals surface area contributed by atoms with Crippen LogP contribution in [0.5, 0.6) is 0 Å². The Morgan fingerprint density at radius 2 is 2.09 bits per heavy atom. The van der Waals surface area contributed by atoms with E-state index in [1.54, 1.807) is 19.9 Å². The number of aromatic nitrogens is 1. The molecule has 1 heterocycles. The minimum atomic E-state index is -4.50. The summed E-state index contributed by atoms with van der Waals surface area (Å²) >= 11 is 0. The molecule has 1 aromatic heterocycles. The Hall–Kier alpha value is -2.56. The summed E-state index contributed by atoms with van der Waals surface area (Å²) in [4.78, 5) is 15.5. The van der Waals surface area contributed by atoms with Gasteiger partial charge >= 0.3 is 6.18 Å². The molecule has 0 saturated carbocycles. The molecule has 0 atom stereocenters. The lowest BCUT2D eigenvalue weighted by Crippen LogP contribution is -2.17. The van der Waals surface area contributed by atoms with Crippen molar-refractivity contribution in [2.45, 2.75) is 26.4 Å². The summed E-state index contributed by atoms with van der Waals surface area (Å²) < 4.78 is 42.4. The molecule has 5 nitrogen and oxygen atoms in total. The number of carbonyl (C=O) groups is 1. The molecule has 0 bridgehead atoms. The molecule has 118 valence electrons. The Labute approximate surface area is 125 Å². The molecule has 0 aliphatic carbocycles. The van der Waals surface area contributed by atoms with Crippen LogP contribution in [0.15, 0.2) is 29.7 Å². The van der Waals surface area contributed by atoms with Gasteiger partial charge in [-0.2, -0.15) is 18.4 Å². The highest BCUT2D eigenvalue weighted by Crippen LogP contribution is 2.28. The number of ether oxygens (including phenoxy) is 1. The Bertz CT molecular complexity index is 601. The first kappa shape index (κ1) is 17.5. The van der Waals surface area contributed by atoms with Gasteiger partial charge in [0.2, 0.25) is 0 Å². The lowest BCUT2D eigenvalue weighted by molar-refractivity contribution is -0.137. The second kappa shape index (κ2) is 7.45. The average Bonchev–Trinajstić information content (AvgIpc) is 2.46. The number of carbonyl (C=O) groups excluding carboxylic acids is 1. The van der Waals surface area contributed by atoms with E-state index in [1.165, 1.54) is 0 Å². The maximum Gasteiger partial charge on any atom is 0.417 e. The molecule has 8 heteroatoms. The van der Waals surface area contributed by atoms with Gasteiger partial charge in [-0.05, 0) is 19.1 Å². The molecule has 1 N–H and O–H groups in total. The zero-order valence-electron chi connectivity index (χ0n) is 12.0. The summed E-state index contributed by atoms with van der Waals surface area (Å²) in [5.41, 5.74) is -1.16. The van der Waals surface area contributed by atoms with Gasteiger partial charge in [-0.1, -0.05) is 6.92 Å². The summed E-state index contributed by atoms with van der Waals surface area (Å²) in [5.74, 6) is -0.646. The number of nitriles is 1. The second-order valence-corrected chi connectivity index (χ2v) is 4.08. The third-order valence-electron chi connectivity index (χ3n) is 2.59. The number of pyridine rings is 1. The molecule has 0 aromatic carbocycles. The van der Waals surface area contributed by atoms with Crippen molar-refractivity contribution >= 4 is 11.7 Å². The van der Waals surface area contributed by atoms with Gasteiger partial charge in [0.05, 0.1) is 12.2 Å². The zero-order chi connectivity index (χ0) is 16.8. The smallest absolute Gasteiger partial charge is 0.417 e. The van der Waals surface area contributed by atoms with Crippen molar-refractivity contribution in [3.8, 4) is 6.07 Å². The molecule has 0 spiro atoms. The van der Waals surface area contributed by atoms with Gasteiger partial charge in [0.15, 0.2) is 5.57 Å². The van der Waals surface area contributed by atoms with Crippen LogP contribution in [0.4, 0.5) is 19.0 Å². The van der Waals surface area contributed by atoms with E-state index in [9.17, 15) is 18.0 Å². The zero-order valence-corrected chi connectivity index (χ0v) is 12.0. The number of halogens is 3. The SMILES string of the molecule is CCO/C(CC)=C(/C#N)C(=O)Nc1ccc(C(F)(F)F)cn1. The molecule has 0 saturated heterocycles. The average molecular weight is 313 g/mol. The standard InChI is InChI=1S/C14H14F3N3O2/c1-3-11(22-4-2)10(7-18)13(21)20-12-6-5-9(8-19-12)14(15,16)17/h5-6,8H,3-4H2,1-2H3,(H,19,20,21)/b11-10-. The molecule has 0 radical (unpaired) electrons. The number of allylic oxidation sites excluding steroid dienone is 1. The molecule has 1 rings (SSSR count). The van der Waals surface area contributed by atoms with E-state index in [-0.39, 0.29) is 17.2 Å². The van der Waals surface area contributed by atoms with Gasteiger partial charge in [0, 0.05) is 12.6 Å². The van der Waals surface area contributed by atoms with Crippen molar-refractivity contribution in [1.82, 2.24) is 4.98 Å². The number of alkyl halides is 3. The summed E-state index contributed by atoms with van der Waals surface area (Å²) in [5, 5.41) is 11.3. The van der Waals surface area contributed by atoms with Crippen LogP contribution in [-0.2, 0) is 15.7 Å². The van der Waals surface area contributed by atoms with Crippen molar-refractivity contribution < 1.29 is 22.7 Å². The van der Waals surface area contributed by atoms with E-state index < -0.39 is 17.6 Å². The molecule has 0 unspecified atom stereocenters. The fourth-order valence-electron chi connectivity index (χ4n) is 1.58. The normalized spacial score (nSPS) is 12.2. The third kappa shape index (κ3) is 4.48. The van der Waals surface area contributed by atoms with Crippen molar-refractivity contribution in [2.75, 3.05) is 11.9 Å². The van der Waals surface area contributed by atoms with Crippen LogP contribution < -0.4 is 5.32 Å². The van der Waals surface area contributed by atoms with Gasteiger partial charge in [0.25, 0.3) is 5.91 Å². The predicted molar refractivity (Wildman–Crippen MR) is 72.4 cm³/mol. The monoisotopic (exact) mass is 313 g/mol. The summed E-state index contributed by atoms with van der Waals surface area (Å²) in [6.45, 7) is 3.71. The largest absolute Gasteiger partial charge is 0.497 e. The van der Waals surface area contributed by atoms with Crippen LogP contribution in [0.2, 0.25) is 0 Å². The van der Waals surface area contributed by atoms with E-state index >= 15 is 0 Å². The van der Waals surface area contributed by atoms with Crippen LogP contribution in [0.1, 0.15) is 25.8 Å². The van der Waals surface area contributed by atoms with E-state index in [4.69, 9.17) is 10.00 Å². The quantitative estimate of drug-likeness (QED) is 0.514. The first-order valence-electron chi connectivity index (χ1n) is 6.44. The Morgan fingerprint density at radius 3 is 2.50 bits per heavy atom. The summed E-state index contributed by atoms with van der Waals surface area (Å²) in [6.07, 6.45) is -3.56. The van der Waals surface area contributed by atoms with E-state index in [0.717, 1.165) is 12.1 Å². The summed E-state index contributed by atoms with van der Waals surface area (Å²) in [7, 11) is 0. The lowest BCUT2D eigenvalue weighted by atomic mass is 10.2. The fraction of sp³-hybridized carbons (Fsp3) is 0.357. The molecule has 22 heavy (non-hydrogen) atoms. The number of hydrogen-bond acceptors (Lipinski definition) is 4. The maximum atomic E-state index is 12.4. The molecule has 0 aliphatic heterocycles. The first-order valence-corrected chi connectivity index (χ1v) is 6.44. The van der Waals surface area contributed by atoms with Gasteiger partial charge in [-0.3, -0.25) is 4.79 Å². The summed E-state index contributed by atoms with van der Waals surface area (Å²) in [6, 6.07) is 3.54. The van der Waals surface area contributed by atoms with Crippen molar-refractivity contribution in [3.05, 3.63) is 35.2 Å². The number of nitrogens with zero attached hydrogens (tertiary/aromatic N) is 2. The van der Waals surface area contributed by atoms with Crippen LogP contribution >= 0.6 is 0 Å². The highest BCUT2D eigenvalue weighted by Gasteiger charge is 2.30. The third-order valence-corrected chi connectivity index (χ3v) is 2.59. The van der Waals surface area contributed by atoms with Gasteiger partial charge in [-0.15, -0.1) is 0 Å². The van der Waals surface area contributed by atoms with E-state index in [1.807, 2.05) is 0 Å². The number of hydrogen-bond donors (Lipinski definition) is 1. The Kier molecular flexibility index (Phi) is 5.92. The van der Waals surface area contributed by atoms with Gasteiger partial charge in [0.1, 0.15) is 17.6 Å². The van der Waals surface area contributed by atoms with Crippen LogP contribution in [-0.4, -0.2) is 17.5 Å². The van der Waals surface area contributed by atoms with E-state index in [0.29, 0.717) is 19.2 Å². The van der Waals surface area contributed by atoms with Crippen LogP contribution in [0.25, 0.3) is 0 Å². The predicted octanol–water partition coefficient (Wildman–Crippen LogP) is 3.26. The minimum Gasteiger partial charge on any atom is -0.497 e. The highest BCUT2D eigenvalue weighted by molar-refractivity contribution is 6.06. The number of amides is 1. The van der Waals surface area contributed by atoms with Crippen molar-refractivity contribution in [2.24, 2.45) is 0 Å². The Balaban J connectivity index is 2.94. The molecule has 1 aromatic rings. The highest BCUT2D eigenvalue weighted by atomic mass is 19.4. The van der Waals surface area contributed by atoms with Crippen molar-refractivity contribution in [1.29, 1.82) is 5.26 Å². The number of nitrogens with one attached hydrogen (secondary N) is 1. The number of anilines is 1. The molecular formula is C14H14F3N3O2. The molecule has 1 amide bonds. The van der Waals surface area contributed by atoms with Gasteiger partial charge in [-0.25, -0.2) is 4.98 Å². The van der Waals surface area contributed by atoms with Gasteiger partial charge < -0.3 is 10.1 Å². The van der Waals surface area contributed by atoms with E-state index in [2.05, 4.69) is 10.3 Å². The number of rotatable bonds is 5. The molecule has 0 fully saturated rings. The molecular weight excluding hydrogens is 299 g/mol. The topological polar surface area (TPSA) is 75.0 Å². The minimum absolute atomic E-state index is 0.0855. The maximum absolute atomic E-state index is 12.4. The second-order valence-electron chi connectivity index (χ2n) is 4.08. The molecule has 0 aliphatic rings. The fourth-order valence-corrected chi connectivity index (χ4v) is 1.58. The van der Waals surface area contributed by atoms with Crippen molar-refractivity contribution in [3.63, 3.8) is 0 Å². The van der Waals surface area contributed by atoms with Crippen LogP contribution in [0.3, 0.4) is 0 Å². The van der Waals surface area contributed by atoms with Crippen LogP contribution in [0, 0.1) is 11.3 Å².